The van der Waals surface area contributed by atoms with Gasteiger partial charge in [-0.3, -0.25) is 0 Å². The van der Waals surface area contributed by atoms with Gasteiger partial charge in [0.05, 0.1) is 10.7 Å². The molecule has 0 atom stereocenters. The molecule has 1 heterocycles. The third-order valence-corrected chi connectivity index (χ3v) is 2.97. The lowest BCUT2D eigenvalue weighted by Gasteiger charge is -1.98. The Hall–Kier alpha value is -0.190. The molecule has 1 aromatic heterocycles. The zero-order valence-corrected chi connectivity index (χ0v) is 9.69. The Morgan fingerprint density at radius 3 is 3.00 bits per heavy atom. The molecule has 0 saturated carbocycles. The van der Waals surface area contributed by atoms with Crippen LogP contribution in [-0.2, 0) is 0 Å². The van der Waals surface area contributed by atoms with Crippen molar-refractivity contribution in [1.82, 2.24) is 9.94 Å². The van der Waals surface area contributed by atoms with Crippen LogP contribution in [0.4, 0.5) is 0 Å². The van der Waals surface area contributed by atoms with Gasteiger partial charge < -0.3 is 4.84 Å². The van der Waals surface area contributed by atoms with Crippen molar-refractivity contribution in [2.24, 2.45) is 0 Å². The van der Waals surface area contributed by atoms with Gasteiger partial charge in [-0.05, 0) is 43.6 Å². The van der Waals surface area contributed by atoms with Crippen molar-refractivity contribution < 1.29 is 4.84 Å². The highest BCUT2D eigenvalue weighted by Crippen LogP contribution is 2.19. The number of thioether (sulfide) groups is 1. The quantitative estimate of drug-likeness (QED) is 0.487. The highest BCUT2D eigenvalue weighted by molar-refractivity contribution is 9.13. The molecule has 0 bridgehead atoms. The van der Waals surface area contributed by atoms with Crippen molar-refractivity contribution in [3.63, 3.8) is 0 Å². The number of hydrogen-bond donors (Lipinski definition) is 0. The van der Waals surface area contributed by atoms with E-state index in [1.165, 1.54) is 4.85 Å². The SMILES string of the molecule is N#CSCOn1cc(Br)c(Br)n1. The lowest BCUT2D eigenvalue weighted by atomic mass is 10.8. The van der Waals surface area contributed by atoms with Crippen LogP contribution < -0.4 is 4.84 Å². The smallest absolute Gasteiger partial charge is 0.176 e. The second kappa shape index (κ2) is 4.74. The highest BCUT2D eigenvalue weighted by atomic mass is 79.9. The van der Waals surface area contributed by atoms with Gasteiger partial charge in [0, 0.05) is 0 Å². The third kappa shape index (κ3) is 2.69. The molecule has 0 aromatic carbocycles. The molecule has 0 fully saturated rings. The molecular formula is C5H3Br2N3OS. The van der Waals surface area contributed by atoms with E-state index in [2.05, 4.69) is 37.0 Å². The van der Waals surface area contributed by atoms with Crippen LogP contribution in [0.1, 0.15) is 0 Å². The second-order valence-corrected chi connectivity index (χ2v) is 3.97. The maximum Gasteiger partial charge on any atom is 0.176 e. The Balaban J connectivity index is 2.48. The molecule has 0 spiro atoms. The van der Waals surface area contributed by atoms with Gasteiger partial charge in [0.15, 0.2) is 5.94 Å². The molecule has 64 valence electrons. The van der Waals surface area contributed by atoms with Crippen molar-refractivity contribution in [2.75, 3.05) is 5.94 Å². The van der Waals surface area contributed by atoms with E-state index in [9.17, 15) is 0 Å². The van der Waals surface area contributed by atoms with E-state index in [4.69, 9.17) is 10.1 Å². The van der Waals surface area contributed by atoms with E-state index in [0.717, 1.165) is 16.2 Å². The first-order valence-electron chi connectivity index (χ1n) is 2.79. The molecule has 0 unspecified atom stereocenters. The topological polar surface area (TPSA) is 50.8 Å². The Labute approximate surface area is 90.1 Å². The molecule has 0 amide bonds. The summed E-state index contributed by atoms with van der Waals surface area (Å²) >= 11 is 7.45. The van der Waals surface area contributed by atoms with Crippen LogP contribution in [0, 0.1) is 10.7 Å². The van der Waals surface area contributed by atoms with Crippen molar-refractivity contribution >= 4 is 43.6 Å². The normalized spacial score (nSPS) is 9.42. The average Bonchev–Trinajstić information content (AvgIpc) is 2.32. The summed E-state index contributed by atoms with van der Waals surface area (Å²) in [6, 6.07) is 0. The Morgan fingerprint density at radius 1 is 1.75 bits per heavy atom. The highest BCUT2D eigenvalue weighted by Gasteiger charge is 2.02. The first-order chi connectivity index (χ1) is 5.74. The number of nitrogens with zero attached hydrogens (tertiary/aromatic N) is 3. The summed E-state index contributed by atoms with van der Waals surface area (Å²) in [5.74, 6) is 0.261. The number of halogens is 2. The van der Waals surface area contributed by atoms with Crippen molar-refractivity contribution in [3.8, 4) is 5.40 Å². The first-order valence-corrected chi connectivity index (χ1v) is 5.36. The lowest BCUT2D eigenvalue weighted by molar-refractivity contribution is 0.120. The van der Waals surface area contributed by atoms with Crippen molar-refractivity contribution in [3.05, 3.63) is 15.3 Å². The molecule has 0 radical (unpaired) electrons. The van der Waals surface area contributed by atoms with E-state index >= 15 is 0 Å². The van der Waals surface area contributed by atoms with Gasteiger partial charge in [-0.1, -0.05) is 0 Å². The van der Waals surface area contributed by atoms with Crippen LogP contribution in [0.15, 0.2) is 15.3 Å². The minimum atomic E-state index is 0.261. The Bertz CT molecular complexity index is 289. The van der Waals surface area contributed by atoms with Gasteiger partial charge >= 0.3 is 0 Å². The Kier molecular flexibility index (Phi) is 3.91. The van der Waals surface area contributed by atoms with Crippen LogP contribution in [0.25, 0.3) is 0 Å². The monoisotopic (exact) mass is 311 g/mol. The number of thiocyanates is 1. The molecule has 0 N–H and O–H groups in total. The van der Waals surface area contributed by atoms with E-state index in [-0.39, 0.29) is 5.94 Å². The minimum Gasteiger partial charge on any atom is -0.385 e. The predicted molar refractivity (Wildman–Crippen MR) is 52.3 cm³/mol. The van der Waals surface area contributed by atoms with Crippen LogP contribution in [0.5, 0.6) is 0 Å². The minimum absolute atomic E-state index is 0.261. The van der Waals surface area contributed by atoms with Gasteiger partial charge in [0.2, 0.25) is 0 Å². The van der Waals surface area contributed by atoms with E-state index in [0.29, 0.717) is 4.60 Å². The molecule has 4 nitrogen and oxygen atoms in total. The van der Waals surface area contributed by atoms with E-state index < -0.39 is 0 Å². The third-order valence-electron chi connectivity index (χ3n) is 0.916. The molecule has 0 aliphatic rings. The van der Waals surface area contributed by atoms with E-state index in [1.807, 2.05) is 5.40 Å². The Morgan fingerprint density at radius 2 is 2.50 bits per heavy atom. The molecule has 0 saturated heterocycles. The molecule has 12 heavy (non-hydrogen) atoms. The fourth-order valence-corrected chi connectivity index (χ4v) is 1.21. The second-order valence-electron chi connectivity index (χ2n) is 1.65. The largest absolute Gasteiger partial charge is 0.385 e. The van der Waals surface area contributed by atoms with Gasteiger partial charge in [0.1, 0.15) is 10.0 Å². The standard InChI is InChI=1S/C5H3Br2N3OS/c6-4-1-10(9-5(4)7)11-3-12-2-8/h1H,3H2. The van der Waals surface area contributed by atoms with Crippen molar-refractivity contribution in [1.29, 1.82) is 5.26 Å². The molecule has 0 aliphatic heterocycles. The molecular weight excluding hydrogens is 310 g/mol. The number of rotatable bonds is 3. The van der Waals surface area contributed by atoms with Gasteiger partial charge in [-0.15, -0.1) is 9.94 Å². The van der Waals surface area contributed by atoms with E-state index in [1.54, 1.807) is 6.20 Å². The first kappa shape index (κ1) is 9.89. The van der Waals surface area contributed by atoms with Gasteiger partial charge in [0.25, 0.3) is 0 Å². The molecule has 1 rings (SSSR count). The van der Waals surface area contributed by atoms with Crippen LogP contribution in [0.3, 0.4) is 0 Å². The molecule has 1 aromatic rings. The summed E-state index contributed by atoms with van der Waals surface area (Å²) in [5.41, 5.74) is 0. The summed E-state index contributed by atoms with van der Waals surface area (Å²) in [5, 5.41) is 14.0. The maximum absolute atomic E-state index is 8.19. The van der Waals surface area contributed by atoms with Crippen LogP contribution in [-0.4, -0.2) is 15.9 Å². The fourth-order valence-electron chi connectivity index (χ4n) is 0.486. The van der Waals surface area contributed by atoms with Crippen molar-refractivity contribution in [2.45, 2.75) is 0 Å². The zero-order chi connectivity index (χ0) is 8.97. The fraction of sp³-hybridized carbons (Fsp3) is 0.200. The zero-order valence-electron chi connectivity index (χ0n) is 5.70. The summed E-state index contributed by atoms with van der Waals surface area (Å²) in [7, 11) is 0. The summed E-state index contributed by atoms with van der Waals surface area (Å²) in [4.78, 5) is 6.32. The maximum atomic E-state index is 8.19. The molecule has 0 aliphatic carbocycles. The van der Waals surface area contributed by atoms with Gasteiger partial charge in [-0.2, -0.15) is 5.26 Å². The lowest BCUT2D eigenvalue weighted by Crippen LogP contribution is -2.10. The molecule has 7 heteroatoms. The predicted octanol–water partition coefficient (Wildman–Crippen LogP) is 2.01. The average molecular weight is 313 g/mol. The van der Waals surface area contributed by atoms with Gasteiger partial charge in [-0.25, -0.2) is 0 Å². The summed E-state index contributed by atoms with van der Waals surface area (Å²) in [6.45, 7) is 0. The summed E-state index contributed by atoms with van der Waals surface area (Å²) in [6.07, 6.45) is 1.65. The van der Waals surface area contributed by atoms with Crippen LogP contribution >= 0.6 is 43.6 Å². The number of nitriles is 1. The summed E-state index contributed by atoms with van der Waals surface area (Å²) < 4.78 is 1.48. The number of aromatic nitrogens is 2. The number of hydrogen-bond acceptors (Lipinski definition) is 4. The van der Waals surface area contributed by atoms with Crippen LogP contribution in [0.2, 0.25) is 0 Å².